The number of anilines is 3. The average Bonchev–Trinajstić information content (AvgIpc) is 4.16. The summed E-state index contributed by atoms with van der Waals surface area (Å²) in [4.78, 5) is 50.3. The van der Waals surface area contributed by atoms with Gasteiger partial charge in [-0.2, -0.15) is 0 Å². The van der Waals surface area contributed by atoms with Crippen molar-refractivity contribution in [2.24, 2.45) is 5.92 Å². The fourth-order valence-electron chi connectivity index (χ4n) is 10.6. The van der Waals surface area contributed by atoms with Crippen molar-refractivity contribution in [3.05, 3.63) is 173 Å². The molecule has 10 rings (SSSR count). The summed E-state index contributed by atoms with van der Waals surface area (Å²) in [6, 6.07) is 38.1. The number of para-hydroxylation sites is 2. The van der Waals surface area contributed by atoms with E-state index in [1.807, 2.05) is 135 Å². The third-order valence-corrected chi connectivity index (χ3v) is 16.3. The number of aromatic nitrogens is 5. The molecule has 13 nitrogen and oxygen atoms in total. The van der Waals surface area contributed by atoms with Crippen molar-refractivity contribution >= 4 is 65.0 Å². The van der Waals surface area contributed by atoms with Crippen LogP contribution in [0.1, 0.15) is 52.8 Å². The molecule has 5 heterocycles. The smallest absolute Gasteiger partial charge is 0.264 e. The topological polar surface area (TPSA) is 170 Å². The van der Waals surface area contributed by atoms with Crippen LogP contribution in [0.3, 0.4) is 0 Å². The Balaban J connectivity index is 0.923. The van der Waals surface area contributed by atoms with E-state index in [0.717, 1.165) is 44.1 Å². The number of aromatic amines is 2. The number of hydrogen-bond donors (Lipinski definition) is 5. The minimum absolute atomic E-state index is 0.129. The SMILES string of the molecule is C[C@@H]1[C@@H]([Si](C)(C)F)[C@H](CCn2cc(C(CO)c3ccccc3)nn2)O[C@@]12C(=O)N(Cc1ccc(NC(=O)Cc3c[nH]c4ccccc34)cc1)c1ccc(NC(=O)Cc3c[nH]c4ccccc34)cc12. The van der Waals surface area contributed by atoms with E-state index in [-0.39, 0.29) is 49.6 Å². The van der Waals surface area contributed by atoms with Gasteiger partial charge in [0.05, 0.1) is 49.4 Å². The molecule has 5 aromatic carbocycles. The Morgan fingerprint density at radius 1 is 0.838 bits per heavy atom. The lowest BCUT2D eigenvalue weighted by Gasteiger charge is -2.31. The van der Waals surface area contributed by atoms with E-state index >= 15 is 8.90 Å². The molecule has 1 spiro atoms. The normalized spacial score (nSPS) is 19.5. The van der Waals surface area contributed by atoms with Crippen LogP contribution in [0.2, 0.25) is 18.6 Å². The number of nitrogens with one attached hydrogen (secondary N) is 4. The molecule has 5 N–H and O–H groups in total. The van der Waals surface area contributed by atoms with Crippen LogP contribution < -0.4 is 15.5 Å². The maximum Gasteiger partial charge on any atom is 0.264 e. The number of H-pyrrole nitrogens is 2. The molecule has 68 heavy (non-hydrogen) atoms. The number of rotatable bonds is 15. The van der Waals surface area contributed by atoms with Gasteiger partial charge in [-0.15, -0.1) is 5.10 Å². The summed E-state index contributed by atoms with van der Waals surface area (Å²) in [6.45, 7) is 5.63. The number of aliphatic hydroxyl groups is 1. The molecule has 2 aliphatic heterocycles. The Morgan fingerprint density at radius 3 is 2.07 bits per heavy atom. The van der Waals surface area contributed by atoms with E-state index in [1.54, 1.807) is 34.9 Å². The Kier molecular flexibility index (Phi) is 11.9. The largest absolute Gasteiger partial charge is 0.395 e. The molecule has 0 bridgehead atoms. The van der Waals surface area contributed by atoms with Crippen molar-refractivity contribution in [1.82, 2.24) is 25.0 Å². The first-order valence-corrected chi connectivity index (χ1v) is 26.0. The minimum atomic E-state index is -3.53. The number of nitrogens with zero attached hydrogens (tertiary/aromatic N) is 4. The summed E-state index contributed by atoms with van der Waals surface area (Å²) in [5, 5.41) is 27.1. The second kappa shape index (κ2) is 18.1. The van der Waals surface area contributed by atoms with Gasteiger partial charge in [0.25, 0.3) is 5.91 Å². The molecule has 0 aliphatic carbocycles. The predicted molar refractivity (Wildman–Crippen MR) is 263 cm³/mol. The maximum absolute atomic E-state index is 16.9. The van der Waals surface area contributed by atoms with Gasteiger partial charge in [-0.25, -0.2) is 0 Å². The summed E-state index contributed by atoms with van der Waals surface area (Å²) in [7, 11) is -3.53. The maximum atomic E-state index is 16.9. The summed E-state index contributed by atoms with van der Waals surface area (Å²) < 4.78 is 25.7. The monoisotopic (exact) mass is 928 g/mol. The molecule has 3 aromatic heterocycles. The molecule has 2 aliphatic rings. The van der Waals surface area contributed by atoms with E-state index in [2.05, 4.69) is 30.9 Å². The van der Waals surface area contributed by atoms with Gasteiger partial charge in [-0.1, -0.05) is 91.0 Å². The average molecular weight is 929 g/mol. The number of aliphatic hydroxyl groups excluding tert-OH is 1. The molecule has 1 saturated heterocycles. The number of fused-ring (bicyclic) bond motifs is 4. The summed E-state index contributed by atoms with van der Waals surface area (Å²) in [5.74, 6) is -1.62. The Hall–Kier alpha value is -7.20. The summed E-state index contributed by atoms with van der Waals surface area (Å²) >= 11 is 0. The van der Waals surface area contributed by atoms with Crippen molar-refractivity contribution in [3.8, 4) is 0 Å². The zero-order valence-electron chi connectivity index (χ0n) is 38.1. The Morgan fingerprint density at radius 2 is 1.44 bits per heavy atom. The lowest BCUT2D eigenvalue weighted by Crippen LogP contribution is -2.45. The fourth-order valence-corrected chi connectivity index (χ4v) is 13.2. The van der Waals surface area contributed by atoms with Gasteiger partial charge in [0.1, 0.15) is 0 Å². The highest BCUT2D eigenvalue weighted by atomic mass is 28.4. The number of aryl methyl sites for hydroxylation is 1. The first-order valence-electron chi connectivity index (χ1n) is 23.1. The Bertz CT molecular complexity index is 3140. The van der Waals surface area contributed by atoms with Gasteiger partial charge in [0.2, 0.25) is 20.2 Å². The third kappa shape index (κ3) is 8.41. The molecule has 346 valence electrons. The minimum Gasteiger partial charge on any atom is -0.395 e. The van der Waals surface area contributed by atoms with Crippen LogP contribution >= 0.6 is 0 Å². The molecule has 1 fully saturated rings. The van der Waals surface area contributed by atoms with Crippen LogP contribution in [0.25, 0.3) is 21.8 Å². The van der Waals surface area contributed by atoms with Crippen molar-refractivity contribution in [1.29, 1.82) is 0 Å². The first kappa shape index (κ1) is 44.6. The second-order valence-electron chi connectivity index (χ2n) is 18.6. The third-order valence-electron chi connectivity index (χ3n) is 13.8. The summed E-state index contributed by atoms with van der Waals surface area (Å²) in [5.41, 5.74) is 6.18. The van der Waals surface area contributed by atoms with Gasteiger partial charge in [-0.05, 0) is 84.2 Å². The Labute approximate surface area is 393 Å². The molecule has 0 radical (unpaired) electrons. The van der Waals surface area contributed by atoms with Crippen LogP contribution in [0.4, 0.5) is 21.2 Å². The quantitative estimate of drug-likeness (QED) is 0.0504. The van der Waals surface area contributed by atoms with Crippen LogP contribution in [-0.2, 0) is 50.7 Å². The predicted octanol–water partition coefficient (Wildman–Crippen LogP) is 9.14. The number of ether oxygens (including phenoxy) is 1. The molecule has 5 atom stereocenters. The zero-order valence-corrected chi connectivity index (χ0v) is 39.1. The van der Waals surface area contributed by atoms with Crippen molar-refractivity contribution in [3.63, 3.8) is 0 Å². The lowest BCUT2D eigenvalue weighted by atomic mass is 9.82. The van der Waals surface area contributed by atoms with Gasteiger partial charge in [0, 0.05) is 75.3 Å². The number of hydrogen-bond acceptors (Lipinski definition) is 7. The molecule has 1 unspecified atom stereocenters. The number of amides is 3. The summed E-state index contributed by atoms with van der Waals surface area (Å²) in [6.07, 6.45) is 5.53. The van der Waals surface area contributed by atoms with Crippen molar-refractivity contribution in [2.75, 3.05) is 22.1 Å². The van der Waals surface area contributed by atoms with Crippen molar-refractivity contribution in [2.45, 2.75) is 75.5 Å². The van der Waals surface area contributed by atoms with E-state index in [9.17, 15) is 14.7 Å². The number of halogens is 1. The fraction of sp³-hybridized carbons (Fsp3) is 0.264. The molecule has 8 aromatic rings. The highest BCUT2D eigenvalue weighted by Crippen LogP contribution is 2.60. The second-order valence-corrected chi connectivity index (χ2v) is 22.4. The van der Waals surface area contributed by atoms with E-state index < -0.39 is 31.6 Å². The van der Waals surface area contributed by atoms with Gasteiger partial charge in [-0.3, -0.25) is 19.1 Å². The molecule has 3 amide bonds. The van der Waals surface area contributed by atoms with Gasteiger partial charge in [0.15, 0.2) is 5.60 Å². The highest BCUT2D eigenvalue weighted by Gasteiger charge is 2.66. The molecule has 15 heteroatoms. The first-order chi connectivity index (χ1) is 32.9. The number of benzene rings is 5. The van der Waals surface area contributed by atoms with E-state index in [4.69, 9.17) is 4.74 Å². The van der Waals surface area contributed by atoms with Crippen LogP contribution in [-0.4, -0.2) is 68.9 Å². The van der Waals surface area contributed by atoms with Gasteiger partial charge >= 0.3 is 0 Å². The van der Waals surface area contributed by atoms with Gasteiger partial charge < -0.3 is 39.5 Å². The van der Waals surface area contributed by atoms with Crippen LogP contribution in [0.5, 0.6) is 0 Å². The standard InChI is InChI=1S/C53H53FN8O5Si/c1-33-51(68(2,3)54)48(23-24-61-31-46(59-60-61)42(32-63)35-11-5-4-6-12-35)67-53(33)43-27-39(58-50(65)26-37-29-56-45-16-10-8-14-41(37)45)21-22-47(43)62(52(53)66)30-34-17-19-38(20-18-34)57-49(64)25-36-28-55-44-15-9-7-13-40(36)44/h4-22,27-29,31,33,42,48,51,55-56,63H,23-26,30,32H2,1-3H3,(H,57,64)(H,58,65)/t33-,42?,48+,51-,53+/m1/s1. The van der Waals surface area contributed by atoms with Crippen LogP contribution in [0.15, 0.2) is 140 Å². The lowest BCUT2D eigenvalue weighted by molar-refractivity contribution is -0.146. The van der Waals surface area contributed by atoms with E-state index in [1.165, 1.54) is 0 Å². The molecular formula is C53H53FN8O5Si. The molecule has 0 saturated carbocycles. The molecular weight excluding hydrogens is 876 g/mol. The van der Waals surface area contributed by atoms with Crippen molar-refractivity contribution < 1.29 is 28.3 Å². The number of carbonyl (C=O) groups is 3. The zero-order chi connectivity index (χ0) is 47.2. The number of carbonyl (C=O) groups excluding carboxylic acids is 3. The van der Waals surface area contributed by atoms with E-state index in [0.29, 0.717) is 41.3 Å². The highest BCUT2D eigenvalue weighted by molar-refractivity contribution is 6.72. The van der Waals surface area contributed by atoms with Crippen LogP contribution in [0, 0.1) is 5.92 Å².